The van der Waals surface area contributed by atoms with Gasteiger partial charge in [-0.2, -0.15) is 10.5 Å². The smallest absolute Gasteiger partial charge is 0.357 e. The number of hydrogen-bond acceptors (Lipinski definition) is 3. The number of benzene rings is 1. The van der Waals surface area contributed by atoms with Gasteiger partial charge >= 0.3 is 6.73 Å². The summed E-state index contributed by atoms with van der Waals surface area (Å²) in [6.45, 7) is 10.8. The van der Waals surface area contributed by atoms with Crippen molar-refractivity contribution in [3.8, 4) is 17.9 Å². The van der Waals surface area contributed by atoms with Crippen LogP contribution in [0, 0.1) is 35.2 Å². The summed E-state index contributed by atoms with van der Waals surface area (Å²) in [6, 6.07) is 9.37. The molecular formula is C15H15N3O. The number of nitrogens with zero attached hydrogens (tertiary/aromatic N) is 3. The second-order valence-corrected chi connectivity index (χ2v) is 4.51. The monoisotopic (exact) mass is 253 g/mol. The lowest BCUT2D eigenvalue weighted by atomic mass is 9.85. The van der Waals surface area contributed by atoms with Gasteiger partial charge in [0.15, 0.2) is 0 Å². The lowest BCUT2D eigenvalue weighted by Gasteiger charge is -2.20. The maximum Gasteiger partial charge on any atom is 0.357 e. The highest BCUT2D eigenvalue weighted by molar-refractivity contribution is 5.44. The molecule has 4 heteroatoms. The molecule has 0 aromatic heterocycles. The molecule has 0 N–H and O–H groups in total. The van der Waals surface area contributed by atoms with Crippen LogP contribution in [0.15, 0.2) is 18.2 Å². The number of rotatable bonds is 5. The topological polar surface area (TPSA) is 61.2 Å². The number of nitriles is 2. The summed E-state index contributed by atoms with van der Waals surface area (Å²) in [5.74, 6) is 0.840. The van der Waals surface area contributed by atoms with Gasteiger partial charge in [0.2, 0.25) is 0 Å². The molecule has 1 rings (SSSR count). The van der Waals surface area contributed by atoms with Gasteiger partial charge in [0.25, 0.3) is 0 Å². The Morgan fingerprint density at radius 1 is 1.37 bits per heavy atom. The predicted octanol–water partition coefficient (Wildman–Crippen LogP) is 3.47. The summed E-state index contributed by atoms with van der Waals surface area (Å²) in [4.78, 5) is 3.16. The van der Waals surface area contributed by atoms with E-state index in [1.54, 1.807) is 18.2 Å². The normalized spacial score (nSPS) is 11.2. The molecule has 1 unspecified atom stereocenters. The first-order valence-corrected chi connectivity index (χ1v) is 6.01. The van der Waals surface area contributed by atoms with E-state index in [0.29, 0.717) is 17.7 Å². The molecule has 19 heavy (non-hydrogen) atoms. The van der Waals surface area contributed by atoms with E-state index in [0.717, 1.165) is 5.56 Å². The Morgan fingerprint density at radius 2 is 2.11 bits per heavy atom. The first kappa shape index (κ1) is 14.6. The van der Waals surface area contributed by atoms with Crippen LogP contribution in [0.4, 0.5) is 0 Å². The van der Waals surface area contributed by atoms with Crippen molar-refractivity contribution in [1.82, 2.24) is 0 Å². The Bertz CT molecular complexity index is 558. The van der Waals surface area contributed by atoms with Gasteiger partial charge in [0.05, 0.1) is 17.7 Å². The van der Waals surface area contributed by atoms with Crippen molar-refractivity contribution in [1.29, 1.82) is 10.5 Å². The first-order valence-electron chi connectivity index (χ1n) is 6.01. The number of ether oxygens (including phenoxy) is 1. The van der Waals surface area contributed by atoms with Crippen molar-refractivity contribution in [3.63, 3.8) is 0 Å². The molecule has 1 aromatic carbocycles. The van der Waals surface area contributed by atoms with E-state index in [1.165, 1.54) is 0 Å². The van der Waals surface area contributed by atoms with Gasteiger partial charge in [-0.3, -0.25) is 4.85 Å². The molecule has 0 heterocycles. The molecule has 0 bridgehead atoms. The van der Waals surface area contributed by atoms with E-state index in [9.17, 15) is 0 Å². The fraction of sp³-hybridized carbons (Fsp3) is 0.400. The minimum Gasteiger partial charge on any atom is -0.426 e. The molecule has 0 aliphatic carbocycles. The van der Waals surface area contributed by atoms with Crippen LogP contribution in [0.25, 0.3) is 4.85 Å². The maximum absolute atomic E-state index is 8.97. The van der Waals surface area contributed by atoms with Crippen molar-refractivity contribution >= 4 is 0 Å². The van der Waals surface area contributed by atoms with E-state index >= 15 is 0 Å². The lowest BCUT2D eigenvalue weighted by Crippen LogP contribution is -2.09. The van der Waals surface area contributed by atoms with Gasteiger partial charge in [0.1, 0.15) is 5.75 Å². The van der Waals surface area contributed by atoms with E-state index in [1.807, 2.05) is 13.8 Å². The van der Waals surface area contributed by atoms with Gasteiger partial charge in [0, 0.05) is 17.9 Å². The molecular weight excluding hydrogens is 238 g/mol. The van der Waals surface area contributed by atoms with E-state index in [-0.39, 0.29) is 18.6 Å². The van der Waals surface area contributed by atoms with Crippen LogP contribution in [-0.2, 0) is 0 Å². The third-order valence-electron chi connectivity index (χ3n) is 2.94. The molecule has 0 radical (unpaired) electrons. The van der Waals surface area contributed by atoms with Crippen LogP contribution < -0.4 is 4.74 Å². The average Bonchev–Trinajstić information content (AvgIpc) is 2.42. The minimum atomic E-state index is -0.0593. The number of hydrogen-bond donors (Lipinski definition) is 0. The molecule has 1 atom stereocenters. The molecule has 0 fully saturated rings. The summed E-state index contributed by atoms with van der Waals surface area (Å²) < 4.78 is 5.39. The fourth-order valence-corrected chi connectivity index (χ4v) is 1.94. The third-order valence-corrected chi connectivity index (χ3v) is 2.94. The highest BCUT2D eigenvalue weighted by Gasteiger charge is 2.20. The Labute approximate surface area is 113 Å². The van der Waals surface area contributed by atoms with Gasteiger partial charge in [-0.15, -0.1) is 0 Å². The van der Waals surface area contributed by atoms with Crippen LogP contribution in [0.2, 0.25) is 0 Å². The second kappa shape index (κ2) is 7.04. The average molecular weight is 253 g/mol. The molecule has 1 aromatic rings. The molecule has 0 saturated carbocycles. The molecule has 0 saturated heterocycles. The Balaban J connectivity index is 3.23. The van der Waals surface area contributed by atoms with Crippen molar-refractivity contribution < 1.29 is 4.74 Å². The highest BCUT2D eigenvalue weighted by Crippen LogP contribution is 2.35. The SMILES string of the molecule is [C-]#[N+]COc1ccc(C#N)cc1C(CC#N)C(C)C. The van der Waals surface area contributed by atoms with Crippen LogP contribution in [-0.4, -0.2) is 6.73 Å². The maximum atomic E-state index is 8.97. The Kier molecular flexibility index (Phi) is 5.39. The minimum absolute atomic E-state index is 0.000895. The van der Waals surface area contributed by atoms with Crippen LogP contribution >= 0.6 is 0 Å². The largest absolute Gasteiger partial charge is 0.426 e. The summed E-state index contributed by atoms with van der Waals surface area (Å²) in [7, 11) is 0. The van der Waals surface area contributed by atoms with Gasteiger partial charge in [-0.1, -0.05) is 13.8 Å². The van der Waals surface area contributed by atoms with Crippen LogP contribution in [0.1, 0.15) is 37.3 Å². The van der Waals surface area contributed by atoms with Gasteiger partial charge in [-0.05, 0) is 24.1 Å². The van der Waals surface area contributed by atoms with Crippen molar-refractivity contribution in [3.05, 3.63) is 40.7 Å². The predicted molar refractivity (Wildman–Crippen MR) is 71.1 cm³/mol. The second-order valence-electron chi connectivity index (χ2n) is 4.51. The molecule has 0 spiro atoms. The van der Waals surface area contributed by atoms with E-state index in [2.05, 4.69) is 17.0 Å². The summed E-state index contributed by atoms with van der Waals surface area (Å²) in [6.07, 6.45) is 0.362. The zero-order valence-corrected chi connectivity index (χ0v) is 11.1. The molecule has 0 aliphatic rings. The fourth-order valence-electron chi connectivity index (χ4n) is 1.94. The van der Waals surface area contributed by atoms with Gasteiger partial charge < -0.3 is 4.74 Å². The van der Waals surface area contributed by atoms with Crippen molar-refractivity contribution in [2.75, 3.05) is 6.73 Å². The molecule has 4 nitrogen and oxygen atoms in total. The van der Waals surface area contributed by atoms with E-state index in [4.69, 9.17) is 21.8 Å². The van der Waals surface area contributed by atoms with E-state index < -0.39 is 0 Å². The summed E-state index contributed by atoms with van der Waals surface area (Å²) in [5, 5.41) is 17.9. The van der Waals surface area contributed by atoms with Crippen LogP contribution in [0.3, 0.4) is 0 Å². The highest BCUT2D eigenvalue weighted by atomic mass is 16.5. The molecule has 0 amide bonds. The van der Waals surface area contributed by atoms with Crippen molar-refractivity contribution in [2.24, 2.45) is 5.92 Å². The standard InChI is InChI=1S/C15H15N3O/c1-11(2)13(6-7-16)14-8-12(9-17)4-5-15(14)19-10-18-3/h4-5,8,11,13H,6,10H2,1-2H3. The zero-order chi connectivity index (χ0) is 14.3. The quantitative estimate of drug-likeness (QED) is 0.755. The zero-order valence-electron chi connectivity index (χ0n) is 11.1. The Morgan fingerprint density at radius 3 is 2.63 bits per heavy atom. The third kappa shape index (κ3) is 3.73. The van der Waals surface area contributed by atoms with Crippen molar-refractivity contribution in [2.45, 2.75) is 26.2 Å². The molecule has 96 valence electrons. The molecule has 0 aliphatic heterocycles. The first-order chi connectivity index (χ1) is 9.13. The lowest BCUT2D eigenvalue weighted by molar-refractivity contribution is 0.349. The Hall–Kier alpha value is -2.51. The summed E-state index contributed by atoms with van der Waals surface area (Å²) in [5.41, 5.74) is 1.37. The van der Waals surface area contributed by atoms with Crippen LogP contribution in [0.5, 0.6) is 5.75 Å². The van der Waals surface area contributed by atoms with Gasteiger partial charge in [-0.25, -0.2) is 6.57 Å². The summed E-state index contributed by atoms with van der Waals surface area (Å²) >= 11 is 0.